The maximum absolute atomic E-state index is 13.1. The molecule has 0 aliphatic carbocycles. The highest BCUT2D eigenvalue weighted by Gasteiger charge is 2.28. The van der Waals surface area contributed by atoms with Crippen molar-refractivity contribution in [1.82, 2.24) is 10.6 Å². The van der Waals surface area contributed by atoms with Gasteiger partial charge >= 0.3 is 12.1 Å². The second-order valence-corrected chi connectivity index (χ2v) is 9.08. The van der Waals surface area contributed by atoms with Crippen LogP contribution >= 0.6 is 27.5 Å². The minimum absolute atomic E-state index is 0.00126. The molecule has 3 aromatic carbocycles. The number of hydrogen-bond donors (Lipinski definition) is 3. The third kappa shape index (κ3) is 8.42. The van der Waals surface area contributed by atoms with Gasteiger partial charge < -0.3 is 20.5 Å². The number of carbonyl (C=O) groups is 3. The molecule has 0 radical (unpaired) electrons. The van der Waals surface area contributed by atoms with Crippen molar-refractivity contribution in [3.8, 4) is 0 Å². The molecule has 7 nitrogen and oxygen atoms in total. The Balaban J connectivity index is 1.71. The van der Waals surface area contributed by atoms with Crippen molar-refractivity contribution in [2.45, 2.75) is 31.5 Å². The van der Waals surface area contributed by atoms with Gasteiger partial charge in [-0.2, -0.15) is 0 Å². The van der Waals surface area contributed by atoms with E-state index in [0.717, 1.165) is 11.1 Å². The van der Waals surface area contributed by atoms with E-state index in [4.69, 9.17) is 16.3 Å². The van der Waals surface area contributed by atoms with Crippen LogP contribution in [0.2, 0.25) is 5.02 Å². The monoisotopic (exact) mass is 558 g/mol. The molecule has 0 saturated carbocycles. The summed E-state index contributed by atoms with van der Waals surface area (Å²) >= 11 is 9.42. The summed E-state index contributed by atoms with van der Waals surface area (Å²) in [5.74, 6) is -1.86. The zero-order chi connectivity index (χ0) is 25.2. The van der Waals surface area contributed by atoms with Gasteiger partial charge in [0.25, 0.3) is 0 Å². The Bertz CT molecular complexity index is 1160. The van der Waals surface area contributed by atoms with E-state index in [1.54, 1.807) is 18.2 Å². The van der Waals surface area contributed by atoms with E-state index in [9.17, 15) is 19.5 Å². The fourth-order valence-corrected chi connectivity index (χ4v) is 3.96. The van der Waals surface area contributed by atoms with E-state index in [0.29, 0.717) is 15.1 Å². The molecule has 2 atom stereocenters. The van der Waals surface area contributed by atoms with Gasteiger partial charge in [-0.1, -0.05) is 88.2 Å². The molecular weight excluding hydrogens is 536 g/mol. The zero-order valence-corrected chi connectivity index (χ0v) is 21.0. The maximum Gasteiger partial charge on any atom is 0.408 e. The molecule has 0 aliphatic rings. The van der Waals surface area contributed by atoms with Crippen LogP contribution in [0.15, 0.2) is 83.3 Å². The fraction of sp³-hybridized carbons (Fsp3) is 0.192. The maximum atomic E-state index is 13.1. The summed E-state index contributed by atoms with van der Waals surface area (Å²) in [6.45, 7) is 0.0346. The summed E-state index contributed by atoms with van der Waals surface area (Å²) in [4.78, 5) is 37.5. The molecule has 0 aliphatic heterocycles. The number of benzene rings is 3. The van der Waals surface area contributed by atoms with Gasteiger partial charge in [0.05, 0.1) is 0 Å². The first-order valence-electron chi connectivity index (χ1n) is 10.8. The summed E-state index contributed by atoms with van der Waals surface area (Å²) < 4.78 is 5.93. The van der Waals surface area contributed by atoms with Crippen LogP contribution in [0, 0.1) is 0 Å². The lowest BCUT2D eigenvalue weighted by Crippen LogP contribution is -2.53. The third-order valence-electron chi connectivity index (χ3n) is 5.15. The van der Waals surface area contributed by atoms with Gasteiger partial charge in [-0.15, -0.1) is 0 Å². The Hall–Kier alpha value is -3.36. The number of carbonyl (C=O) groups excluding carboxylic acids is 2. The van der Waals surface area contributed by atoms with Crippen LogP contribution in [0.25, 0.3) is 0 Å². The standard InChI is InChI=1S/C26H24BrClN2O5/c27-21-12-11-20(28)14-19(21)15-23(25(32)33)29-24(31)22(13-17-7-3-1-4-8-17)30-26(34)35-16-18-9-5-2-6-10-18/h1-12,14,22-23H,13,15-16H2,(H,29,31)(H,30,34)(H,32,33)/t22-,23+/m1/s1. The second kappa shape index (κ2) is 12.9. The minimum Gasteiger partial charge on any atom is -0.480 e. The molecule has 0 aromatic heterocycles. The lowest BCUT2D eigenvalue weighted by Gasteiger charge is -2.22. The average Bonchev–Trinajstić information content (AvgIpc) is 2.85. The normalized spacial score (nSPS) is 12.3. The molecule has 3 rings (SSSR count). The number of halogens is 2. The van der Waals surface area contributed by atoms with Crippen molar-refractivity contribution >= 4 is 45.5 Å². The average molecular weight is 560 g/mol. The van der Waals surface area contributed by atoms with E-state index in [-0.39, 0.29) is 19.4 Å². The number of alkyl carbamates (subject to hydrolysis) is 1. The molecule has 0 fully saturated rings. The Labute approximate surface area is 216 Å². The summed E-state index contributed by atoms with van der Waals surface area (Å²) in [7, 11) is 0. The molecule has 182 valence electrons. The number of aliphatic carboxylic acids is 1. The molecule has 0 heterocycles. The number of nitrogens with one attached hydrogen (secondary N) is 2. The van der Waals surface area contributed by atoms with E-state index >= 15 is 0 Å². The summed E-state index contributed by atoms with van der Waals surface area (Å²) in [6, 6.07) is 20.9. The molecule has 0 spiro atoms. The molecule has 3 aromatic rings. The predicted molar refractivity (Wildman–Crippen MR) is 136 cm³/mol. The molecule has 9 heteroatoms. The van der Waals surface area contributed by atoms with Gasteiger partial charge in [0.15, 0.2) is 0 Å². The number of ether oxygens (including phenoxy) is 1. The number of carboxylic acid groups (broad SMARTS) is 1. The van der Waals surface area contributed by atoms with Gasteiger partial charge in [-0.25, -0.2) is 9.59 Å². The van der Waals surface area contributed by atoms with Crippen LogP contribution in [0.5, 0.6) is 0 Å². The molecule has 0 saturated heterocycles. The summed E-state index contributed by atoms with van der Waals surface area (Å²) in [5.41, 5.74) is 2.21. The first-order valence-corrected chi connectivity index (χ1v) is 12.0. The van der Waals surface area contributed by atoms with Crippen LogP contribution < -0.4 is 10.6 Å². The number of hydrogen-bond acceptors (Lipinski definition) is 4. The Kier molecular flexibility index (Phi) is 9.69. The molecule has 2 amide bonds. The highest BCUT2D eigenvalue weighted by atomic mass is 79.9. The van der Waals surface area contributed by atoms with Crippen LogP contribution in [0.1, 0.15) is 16.7 Å². The Morgan fingerprint density at radius 3 is 2.11 bits per heavy atom. The van der Waals surface area contributed by atoms with Gasteiger partial charge in [-0.3, -0.25) is 4.79 Å². The van der Waals surface area contributed by atoms with Crippen molar-refractivity contribution in [1.29, 1.82) is 0 Å². The Morgan fingerprint density at radius 2 is 1.49 bits per heavy atom. The first kappa shape index (κ1) is 26.2. The van der Waals surface area contributed by atoms with E-state index in [2.05, 4.69) is 26.6 Å². The third-order valence-corrected chi connectivity index (χ3v) is 6.16. The number of rotatable bonds is 10. The number of amides is 2. The lowest BCUT2D eigenvalue weighted by atomic mass is 10.0. The summed E-state index contributed by atoms with van der Waals surface area (Å²) in [5, 5.41) is 15.3. The molecular formula is C26H24BrClN2O5. The highest BCUT2D eigenvalue weighted by Crippen LogP contribution is 2.22. The SMILES string of the molecule is O=C(N[C@H](Cc1ccccc1)C(=O)N[C@@H](Cc1cc(Cl)ccc1Br)C(=O)O)OCc1ccccc1. The molecule has 0 bridgehead atoms. The van der Waals surface area contributed by atoms with Crippen molar-refractivity contribution in [2.24, 2.45) is 0 Å². The quantitative estimate of drug-likeness (QED) is 0.332. The summed E-state index contributed by atoms with van der Waals surface area (Å²) in [6.07, 6.45) is -0.631. The largest absolute Gasteiger partial charge is 0.480 e. The van der Waals surface area contributed by atoms with Crippen molar-refractivity contribution < 1.29 is 24.2 Å². The van der Waals surface area contributed by atoms with Crippen LogP contribution in [0.3, 0.4) is 0 Å². The van der Waals surface area contributed by atoms with E-state index < -0.39 is 30.1 Å². The smallest absolute Gasteiger partial charge is 0.408 e. The topological polar surface area (TPSA) is 105 Å². The predicted octanol–water partition coefficient (Wildman–Crippen LogP) is 4.75. The van der Waals surface area contributed by atoms with Gasteiger partial charge in [0.2, 0.25) is 5.91 Å². The van der Waals surface area contributed by atoms with Crippen LogP contribution in [-0.2, 0) is 33.8 Å². The van der Waals surface area contributed by atoms with Crippen molar-refractivity contribution in [3.05, 3.63) is 105 Å². The van der Waals surface area contributed by atoms with Gasteiger partial charge in [0, 0.05) is 22.3 Å². The highest BCUT2D eigenvalue weighted by molar-refractivity contribution is 9.10. The molecule has 0 unspecified atom stereocenters. The van der Waals surface area contributed by atoms with E-state index in [1.165, 1.54) is 0 Å². The minimum atomic E-state index is -1.24. The molecule has 3 N–H and O–H groups in total. The zero-order valence-electron chi connectivity index (χ0n) is 18.6. The Morgan fingerprint density at radius 1 is 0.857 bits per heavy atom. The number of carboxylic acids is 1. The van der Waals surface area contributed by atoms with Gasteiger partial charge in [-0.05, 0) is 34.9 Å². The van der Waals surface area contributed by atoms with Crippen LogP contribution in [0.4, 0.5) is 4.79 Å². The van der Waals surface area contributed by atoms with Crippen molar-refractivity contribution in [2.75, 3.05) is 0 Å². The first-order chi connectivity index (χ1) is 16.8. The van der Waals surface area contributed by atoms with Crippen LogP contribution in [-0.4, -0.2) is 35.2 Å². The van der Waals surface area contributed by atoms with E-state index in [1.807, 2.05) is 60.7 Å². The molecule has 35 heavy (non-hydrogen) atoms. The van der Waals surface area contributed by atoms with Gasteiger partial charge in [0.1, 0.15) is 18.7 Å². The lowest BCUT2D eigenvalue weighted by molar-refractivity contribution is -0.142. The second-order valence-electron chi connectivity index (χ2n) is 7.79. The van der Waals surface area contributed by atoms with Crippen molar-refractivity contribution in [3.63, 3.8) is 0 Å². The fourth-order valence-electron chi connectivity index (χ4n) is 3.36.